The molecule has 2 aromatic rings. The van der Waals surface area contributed by atoms with Gasteiger partial charge in [0.15, 0.2) is 5.78 Å². The number of allylic oxidation sites excluding steroid dienone is 1. The quantitative estimate of drug-likeness (QED) is 0.489. The first-order valence-corrected chi connectivity index (χ1v) is 11.1. The first-order valence-electron chi connectivity index (χ1n) is 11.1. The van der Waals surface area contributed by atoms with E-state index in [9.17, 15) is 19.6 Å². The number of hydrogen-bond acceptors (Lipinski definition) is 8. The number of nitrogens with zero attached hydrogens (tertiary/aromatic N) is 6. The maximum absolute atomic E-state index is 12.9. The molecule has 4 rings (SSSR count). The number of carbonyl (C=O) groups is 3. The molecular formula is C24H26N6O4. The van der Waals surface area contributed by atoms with Gasteiger partial charge in [0.05, 0.1) is 17.1 Å². The lowest BCUT2D eigenvalue weighted by Gasteiger charge is -2.34. The molecule has 34 heavy (non-hydrogen) atoms. The van der Waals surface area contributed by atoms with Crippen molar-refractivity contribution < 1.29 is 18.9 Å². The lowest BCUT2D eigenvalue weighted by atomic mass is 10.1. The van der Waals surface area contributed by atoms with Crippen LogP contribution in [0.4, 0.5) is 11.4 Å². The van der Waals surface area contributed by atoms with Gasteiger partial charge in [0.1, 0.15) is 17.5 Å². The molecule has 1 aromatic heterocycles. The number of piperazine rings is 1. The van der Waals surface area contributed by atoms with Crippen LogP contribution in [-0.4, -0.2) is 72.8 Å². The molecule has 1 fully saturated rings. The molecule has 2 aliphatic rings. The van der Waals surface area contributed by atoms with Crippen molar-refractivity contribution in [2.24, 2.45) is 0 Å². The Hall–Kier alpha value is -4.13. The van der Waals surface area contributed by atoms with E-state index in [0.717, 1.165) is 11.4 Å². The number of aromatic nitrogens is 1. The number of rotatable bonds is 5. The van der Waals surface area contributed by atoms with Crippen molar-refractivity contribution >= 4 is 29.0 Å². The van der Waals surface area contributed by atoms with Gasteiger partial charge in [-0.15, -0.1) is 0 Å². The molecule has 0 saturated carbocycles. The second-order valence-corrected chi connectivity index (χ2v) is 8.35. The molecule has 10 heteroatoms. The Kier molecular flexibility index (Phi) is 6.36. The number of ketones is 1. The van der Waals surface area contributed by atoms with Gasteiger partial charge in [-0.05, 0) is 19.1 Å². The van der Waals surface area contributed by atoms with E-state index < -0.39 is 0 Å². The van der Waals surface area contributed by atoms with Crippen LogP contribution in [0.25, 0.3) is 0 Å². The number of hydrogen-bond donors (Lipinski definition) is 0. The third kappa shape index (κ3) is 4.24. The van der Waals surface area contributed by atoms with E-state index >= 15 is 0 Å². The zero-order valence-electron chi connectivity index (χ0n) is 19.4. The molecule has 3 heterocycles. The van der Waals surface area contributed by atoms with Gasteiger partial charge in [-0.1, -0.05) is 17.3 Å². The summed E-state index contributed by atoms with van der Waals surface area (Å²) in [5, 5.41) is 13.5. The number of anilines is 2. The highest BCUT2D eigenvalue weighted by Gasteiger charge is 2.32. The second-order valence-electron chi connectivity index (χ2n) is 8.35. The van der Waals surface area contributed by atoms with Crippen LogP contribution >= 0.6 is 0 Å². The average Bonchev–Trinajstić information content (AvgIpc) is 3.40. The summed E-state index contributed by atoms with van der Waals surface area (Å²) >= 11 is 0. The van der Waals surface area contributed by atoms with E-state index in [4.69, 9.17) is 4.52 Å². The fraction of sp³-hybridized carbons (Fsp3) is 0.375. The predicted octanol–water partition coefficient (Wildman–Crippen LogP) is 1.94. The van der Waals surface area contributed by atoms with Crippen LogP contribution < -0.4 is 9.80 Å². The van der Waals surface area contributed by atoms with E-state index in [1.54, 1.807) is 22.8 Å². The first-order chi connectivity index (χ1) is 16.3. The molecule has 2 aliphatic heterocycles. The normalized spacial score (nSPS) is 15.3. The molecule has 0 atom stereocenters. The molecule has 176 valence electrons. The number of nitriles is 1. The average molecular weight is 463 g/mol. The minimum atomic E-state index is -0.369. The summed E-state index contributed by atoms with van der Waals surface area (Å²) in [6.45, 7) is 3.24. The SMILES string of the molecule is Cc1cc(C(=O)N2CCN(C(=O)CCC(=O)C(C#N)=C3N(C)c4ccccc4N3C)CC2)on1. The topological polar surface area (TPSA) is 114 Å². The number of aryl methyl sites for hydroxylation is 1. The van der Waals surface area contributed by atoms with E-state index in [2.05, 4.69) is 5.16 Å². The van der Waals surface area contributed by atoms with Gasteiger partial charge in [-0.25, -0.2) is 0 Å². The van der Waals surface area contributed by atoms with Gasteiger partial charge in [-0.3, -0.25) is 14.4 Å². The molecule has 0 unspecified atom stereocenters. The fourth-order valence-corrected chi connectivity index (χ4v) is 4.34. The van der Waals surface area contributed by atoms with Crippen LogP contribution in [-0.2, 0) is 9.59 Å². The molecule has 0 spiro atoms. The van der Waals surface area contributed by atoms with Crippen LogP contribution in [0.1, 0.15) is 29.1 Å². The van der Waals surface area contributed by atoms with Gasteiger partial charge in [-0.2, -0.15) is 5.26 Å². The van der Waals surface area contributed by atoms with Gasteiger partial charge < -0.3 is 24.1 Å². The van der Waals surface area contributed by atoms with Crippen LogP contribution in [0.2, 0.25) is 0 Å². The van der Waals surface area contributed by atoms with Crippen molar-refractivity contribution in [3.8, 4) is 6.07 Å². The summed E-state index contributed by atoms with van der Waals surface area (Å²) < 4.78 is 5.03. The number of Topliss-reactive ketones (excluding diaryl/α,β-unsaturated/α-hetero) is 1. The van der Waals surface area contributed by atoms with E-state index in [1.165, 1.54) is 0 Å². The maximum atomic E-state index is 12.9. The zero-order valence-corrected chi connectivity index (χ0v) is 19.4. The van der Waals surface area contributed by atoms with Crippen molar-refractivity contribution in [3.63, 3.8) is 0 Å². The lowest BCUT2D eigenvalue weighted by molar-refractivity contribution is -0.134. The standard InChI is InChI=1S/C24H26N6O4/c1-16-14-21(34-26-16)24(33)30-12-10-29(11-13-30)22(32)9-8-20(31)17(15-25)23-27(2)18-6-4-5-7-19(18)28(23)3/h4-7,14H,8-13H2,1-3H3. The molecule has 2 amide bonds. The highest BCUT2D eigenvalue weighted by Crippen LogP contribution is 2.40. The number of carbonyl (C=O) groups excluding carboxylic acids is 3. The van der Waals surface area contributed by atoms with Gasteiger partial charge >= 0.3 is 0 Å². The minimum absolute atomic E-state index is 0.00686. The van der Waals surface area contributed by atoms with Gasteiger partial charge in [0.2, 0.25) is 11.7 Å². The molecular weight excluding hydrogens is 436 g/mol. The smallest absolute Gasteiger partial charge is 0.292 e. The summed E-state index contributed by atoms with van der Waals surface area (Å²) in [5.74, 6) is -0.0969. The zero-order chi connectivity index (χ0) is 24.4. The Morgan fingerprint density at radius 1 is 1.00 bits per heavy atom. The van der Waals surface area contributed by atoms with Gasteiger partial charge in [0.25, 0.3) is 5.91 Å². The van der Waals surface area contributed by atoms with E-state index in [-0.39, 0.29) is 41.8 Å². The highest BCUT2D eigenvalue weighted by molar-refractivity contribution is 6.03. The number of amides is 2. The van der Waals surface area contributed by atoms with Crippen LogP contribution in [0.15, 0.2) is 46.2 Å². The molecule has 0 aliphatic carbocycles. The van der Waals surface area contributed by atoms with Crippen LogP contribution in [0, 0.1) is 18.3 Å². The molecule has 1 aromatic carbocycles. The summed E-state index contributed by atoms with van der Waals surface area (Å²) in [6, 6.07) is 11.3. The van der Waals surface area contributed by atoms with Crippen LogP contribution in [0.3, 0.4) is 0 Å². The third-order valence-electron chi connectivity index (χ3n) is 6.18. The maximum Gasteiger partial charge on any atom is 0.292 e. The van der Waals surface area contributed by atoms with Crippen molar-refractivity contribution in [2.45, 2.75) is 19.8 Å². The van der Waals surface area contributed by atoms with Crippen molar-refractivity contribution in [2.75, 3.05) is 50.1 Å². The molecule has 0 bridgehead atoms. The Balaban J connectivity index is 1.34. The monoisotopic (exact) mass is 462 g/mol. The highest BCUT2D eigenvalue weighted by atomic mass is 16.5. The minimum Gasteiger partial charge on any atom is -0.351 e. The van der Waals surface area contributed by atoms with Crippen molar-refractivity contribution in [3.05, 3.63) is 53.2 Å². The Morgan fingerprint density at radius 3 is 2.12 bits per heavy atom. The number of fused-ring (bicyclic) bond motifs is 1. The third-order valence-corrected chi connectivity index (χ3v) is 6.18. The largest absolute Gasteiger partial charge is 0.351 e. The van der Waals surface area contributed by atoms with Crippen molar-refractivity contribution in [1.82, 2.24) is 15.0 Å². The Labute approximate surface area is 197 Å². The van der Waals surface area contributed by atoms with Crippen LogP contribution in [0.5, 0.6) is 0 Å². The second kappa shape index (κ2) is 9.39. The summed E-state index contributed by atoms with van der Waals surface area (Å²) in [6.07, 6.45) is -0.0490. The predicted molar refractivity (Wildman–Crippen MR) is 124 cm³/mol. The molecule has 0 radical (unpaired) electrons. The van der Waals surface area contributed by atoms with E-state index in [0.29, 0.717) is 37.7 Å². The Morgan fingerprint density at radius 2 is 1.59 bits per heavy atom. The van der Waals surface area contributed by atoms with Crippen molar-refractivity contribution in [1.29, 1.82) is 5.26 Å². The molecule has 1 saturated heterocycles. The lowest BCUT2D eigenvalue weighted by Crippen LogP contribution is -2.50. The summed E-state index contributed by atoms with van der Waals surface area (Å²) in [5.41, 5.74) is 2.48. The molecule has 10 nitrogen and oxygen atoms in total. The molecule has 0 N–H and O–H groups in total. The number of benzene rings is 1. The first kappa shape index (κ1) is 23.0. The Bertz CT molecular complexity index is 1170. The van der Waals surface area contributed by atoms with E-state index in [1.807, 2.05) is 54.2 Å². The number of para-hydroxylation sites is 2. The van der Waals surface area contributed by atoms with Gasteiger partial charge in [0, 0.05) is 59.2 Å². The summed E-state index contributed by atoms with van der Waals surface area (Å²) in [4.78, 5) is 45.0. The summed E-state index contributed by atoms with van der Waals surface area (Å²) in [7, 11) is 3.63. The fourth-order valence-electron chi connectivity index (χ4n) is 4.34.